The summed E-state index contributed by atoms with van der Waals surface area (Å²) in [5.41, 5.74) is -1.14. The minimum atomic E-state index is -0.810. The standard InChI is InChI=1S/C32H52O5/c1-20(33)36-19-32-18-13-25(34)27(2,3)23(32)12-16-30(7)24(32)10-9-21-22(11-15-29(21,30)6)31(8)17-14-26(37-31)28(4,5)35/h21-24,26,35H,9-19H2,1-8H3/t21-,22+,23+,24+,26+,29-,30-,31+,32-/m1/s1. The fourth-order valence-corrected chi connectivity index (χ4v) is 11.1. The number of fused-ring (bicyclic) bond motifs is 5. The highest BCUT2D eigenvalue weighted by Gasteiger charge is 2.71. The van der Waals surface area contributed by atoms with Crippen LogP contribution in [0.15, 0.2) is 0 Å². The van der Waals surface area contributed by atoms with Crippen molar-refractivity contribution in [3.8, 4) is 0 Å². The van der Waals surface area contributed by atoms with Gasteiger partial charge in [0, 0.05) is 24.2 Å². The first-order valence-corrected chi connectivity index (χ1v) is 15.1. The maximum Gasteiger partial charge on any atom is 0.302 e. The minimum absolute atomic E-state index is 0.0965. The van der Waals surface area contributed by atoms with Gasteiger partial charge in [0.25, 0.3) is 0 Å². The molecule has 0 bridgehead atoms. The van der Waals surface area contributed by atoms with Crippen LogP contribution in [0.4, 0.5) is 0 Å². The Morgan fingerprint density at radius 3 is 2.22 bits per heavy atom. The van der Waals surface area contributed by atoms with Crippen LogP contribution in [0.1, 0.15) is 120 Å². The fraction of sp³-hybridized carbons (Fsp3) is 0.938. The summed E-state index contributed by atoms with van der Waals surface area (Å²) in [7, 11) is 0. The maximum atomic E-state index is 13.1. The summed E-state index contributed by atoms with van der Waals surface area (Å²) in [6, 6.07) is 0. The lowest BCUT2D eigenvalue weighted by molar-refractivity contribution is -0.228. The Labute approximate surface area is 224 Å². The topological polar surface area (TPSA) is 72.8 Å². The zero-order valence-electron chi connectivity index (χ0n) is 24.7. The predicted molar refractivity (Wildman–Crippen MR) is 144 cm³/mol. The third-order valence-electron chi connectivity index (χ3n) is 13.3. The van der Waals surface area contributed by atoms with E-state index in [0.717, 1.165) is 38.5 Å². The number of aliphatic hydroxyl groups is 1. The molecule has 0 radical (unpaired) electrons. The third-order valence-corrected chi connectivity index (χ3v) is 13.3. The molecule has 210 valence electrons. The lowest BCUT2D eigenvalue weighted by atomic mass is 9.35. The molecule has 1 N–H and O–H groups in total. The van der Waals surface area contributed by atoms with Gasteiger partial charge in [-0.1, -0.05) is 27.7 Å². The summed E-state index contributed by atoms with van der Waals surface area (Å²) in [6.45, 7) is 17.5. The molecule has 0 spiro atoms. The number of Topliss-reactive ketones (excluding diaryl/α,β-unsaturated/α-hetero) is 1. The number of rotatable bonds is 4. The molecule has 5 heteroatoms. The molecule has 0 aromatic carbocycles. The van der Waals surface area contributed by atoms with Gasteiger partial charge in [0.1, 0.15) is 5.78 Å². The van der Waals surface area contributed by atoms with Crippen LogP contribution >= 0.6 is 0 Å². The quantitative estimate of drug-likeness (QED) is 0.432. The summed E-state index contributed by atoms with van der Waals surface area (Å²) < 4.78 is 12.6. The van der Waals surface area contributed by atoms with E-state index in [4.69, 9.17) is 9.47 Å². The first kappa shape index (κ1) is 27.6. The van der Waals surface area contributed by atoms with Crippen LogP contribution in [0.3, 0.4) is 0 Å². The fourth-order valence-electron chi connectivity index (χ4n) is 11.1. The van der Waals surface area contributed by atoms with E-state index in [1.807, 2.05) is 13.8 Å². The van der Waals surface area contributed by atoms with Gasteiger partial charge in [-0.05, 0) is 113 Å². The van der Waals surface area contributed by atoms with Gasteiger partial charge in [0.15, 0.2) is 0 Å². The van der Waals surface area contributed by atoms with Crippen molar-refractivity contribution in [3.63, 3.8) is 0 Å². The Kier molecular flexibility index (Phi) is 6.37. The molecular formula is C32H52O5. The van der Waals surface area contributed by atoms with Crippen LogP contribution in [0, 0.1) is 45.3 Å². The van der Waals surface area contributed by atoms with Crippen molar-refractivity contribution in [2.75, 3.05) is 6.61 Å². The molecule has 5 rings (SSSR count). The molecule has 9 atom stereocenters. The molecule has 37 heavy (non-hydrogen) atoms. The first-order valence-electron chi connectivity index (χ1n) is 15.1. The lowest BCUT2D eigenvalue weighted by Gasteiger charge is -2.69. The van der Waals surface area contributed by atoms with Gasteiger partial charge in [0.2, 0.25) is 0 Å². The van der Waals surface area contributed by atoms with Crippen molar-refractivity contribution in [1.29, 1.82) is 0 Å². The van der Waals surface area contributed by atoms with Gasteiger partial charge in [-0.15, -0.1) is 0 Å². The SMILES string of the molecule is CC(=O)OC[C@]12CCC(=O)C(C)(C)[C@@H]1CC[C@]1(C)[C@@H]2CC[C@@H]2[C@@H]([C@]3(C)CC[C@@H](C(C)(C)O)O3)CC[C@]21C. The monoisotopic (exact) mass is 516 g/mol. The lowest BCUT2D eigenvalue weighted by Crippen LogP contribution is -2.65. The van der Waals surface area contributed by atoms with E-state index < -0.39 is 5.60 Å². The van der Waals surface area contributed by atoms with Crippen LogP contribution in [0.5, 0.6) is 0 Å². The number of carbonyl (C=O) groups excluding carboxylic acids is 2. The van der Waals surface area contributed by atoms with Gasteiger partial charge in [-0.3, -0.25) is 9.59 Å². The first-order chi connectivity index (χ1) is 17.0. The van der Waals surface area contributed by atoms with E-state index in [1.54, 1.807) is 0 Å². The van der Waals surface area contributed by atoms with Gasteiger partial charge in [-0.2, -0.15) is 0 Å². The molecule has 0 aromatic heterocycles. The van der Waals surface area contributed by atoms with Crippen molar-refractivity contribution in [1.82, 2.24) is 0 Å². The van der Waals surface area contributed by atoms with Crippen molar-refractivity contribution >= 4 is 11.8 Å². The molecule has 5 nitrogen and oxygen atoms in total. The van der Waals surface area contributed by atoms with Crippen LogP contribution in [-0.4, -0.2) is 40.8 Å². The molecule has 1 heterocycles. The molecular weight excluding hydrogens is 464 g/mol. The van der Waals surface area contributed by atoms with E-state index in [2.05, 4.69) is 34.6 Å². The summed E-state index contributed by atoms with van der Waals surface area (Å²) in [5.74, 6) is 2.00. The number of esters is 1. The van der Waals surface area contributed by atoms with Crippen molar-refractivity contribution in [2.45, 2.75) is 137 Å². The zero-order chi connectivity index (χ0) is 27.2. The second-order valence-electron chi connectivity index (χ2n) is 15.6. The zero-order valence-corrected chi connectivity index (χ0v) is 24.7. The van der Waals surface area contributed by atoms with Gasteiger partial charge in [-0.25, -0.2) is 0 Å². The minimum Gasteiger partial charge on any atom is -0.465 e. The summed E-state index contributed by atoms with van der Waals surface area (Å²) >= 11 is 0. The summed E-state index contributed by atoms with van der Waals surface area (Å²) in [4.78, 5) is 25.2. The molecule has 5 aliphatic rings. The molecule has 4 aliphatic carbocycles. The van der Waals surface area contributed by atoms with Crippen molar-refractivity contribution in [3.05, 3.63) is 0 Å². The second kappa shape index (κ2) is 8.53. The maximum absolute atomic E-state index is 13.1. The molecule has 0 unspecified atom stereocenters. The average Bonchev–Trinajstić information content (AvgIpc) is 3.37. The van der Waals surface area contributed by atoms with Crippen LogP contribution in [0.2, 0.25) is 0 Å². The largest absolute Gasteiger partial charge is 0.465 e. The Hall–Kier alpha value is -0.940. The van der Waals surface area contributed by atoms with Crippen molar-refractivity contribution < 1.29 is 24.2 Å². The van der Waals surface area contributed by atoms with Gasteiger partial charge < -0.3 is 14.6 Å². The van der Waals surface area contributed by atoms with Gasteiger partial charge >= 0.3 is 5.97 Å². The number of carbonyl (C=O) groups is 2. The highest BCUT2D eigenvalue weighted by molar-refractivity contribution is 5.85. The highest BCUT2D eigenvalue weighted by Crippen LogP contribution is 2.76. The molecule has 1 saturated heterocycles. The molecule has 5 fully saturated rings. The molecule has 0 aromatic rings. The van der Waals surface area contributed by atoms with E-state index >= 15 is 0 Å². The van der Waals surface area contributed by atoms with Gasteiger partial charge in [0.05, 0.1) is 23.9 Å². The van der Waals surface area contributed by atoms with Crippen LogP contribution in [0.25, 0.3) is 0 Å². The number of ether oxygens (including phenoxy) is 2. The van der Waals surface area contributed by atoms with E-state index in [0.29, 0.717) is 36.6 Å². The van der Waals surface area contributed by atoms with E-state index in [9.17, 15) is 14.7 Å². The number of hydrogen-bond donors (Lipinski definition) is 1. The highest BCUT2D eigenvalue weighted by atomic mass is 16.5. The molecule has 0 amide bonds. The van der Waals surface area contributed by atoms with Crippen molar-refractivity contribution in [2.24, 2.45) is 45.3 Å². The summed E-state index contributed by atoms with van der Waals surface area (Å²) in [6.07, 6.45) is 10.2. The third kappa shape index (κ3) is 3.83. The molecule has 4 saturated carbocycles. The predicted octanol–water partition coefficient (Wildman–Crippen LogP) is 6.49. The van der Waals surface area contributed by atoms with E-state index in [-0.39, 0.29) is 45.3 Å². The molecule has 1 aliphatic heterocycles. The van der Waals surface area contributed by atoms with Crippen LogP contribution in [-0.2, 0) is 19.1 Å². The summed E-state index contributed by atoms with van der Waals surface area (Å²) in [5, 5.41) is 10.7. The Morgan fingerprint density at radius 1 is 0.919 bits per heavy atom. The Morgan fingerprint density at radius 2 is 1.59 bits per heavy atom. The smallest absolute Gasteiger partial charge is 0.302 e. The normalized spacial score (nSPS) is 49.2. The average molecular weight is 517 g/mol. The Bertz CT molecular complexity index is 949. The van der Waals surface area contributed by atoms with E-state index in [1.165, 1.54) is 26.2 Å². The van der Waals surface area contributed by atoms with Crippen LogP contribution < -0.4 is 0 Å². The second-order valence-corrected chi connectivity index (χ2v) is 15.6. The number of hydrogen-bond acceptors (Lipinski definition) is 5. The Balaban J connectivity index is 1.49. The number of ketones is 1.